The van der Waals surface area contributed by atoms with E-state index in [0.29, 0.717) is 84.6 Å². The molecule has 1 aromatic carbocycles. The lowest BCUT2D eigenvalue weighted by molar-refractivity contribution is -0.281. The minimum absolute atomic E-state index is 0.144. The molecule has 3 saturated heterocycles. The molecule has 17 rings (SSSR count). The van der Waals surface area contributed by atoms with Crippen molar-refractivity contribution in [2.45, 2.75) is 159 Å². The van der Waals surface area contributed by atoms with E-state index in [4.69, 9.17) is 15.2 Å². The van der Waals surface area contributed by atoms with Gasteiger partial charge in [0, 0.05) is 55.2 Å². The first-order chi connectivity index (χ1) is 32.3. The maximum absolute atomic E-state index is 16.3. The molecule has 7 aliphatic carbocycles. The number of carbonyl (C=O) groups is 2. The normalized spacial score (nSPS) is 43.1. The molecule has 3 N–H and O–H groups in total. The lowest BCUT2D eigenvalue weighted by atomic mass is 9.27. The summed E-state index contributed by atoms with van der Waals surface area (Å²) in [7, 11) is 0. The van der Waals surface area contributed by atoms with Crippen LogP contribution in [0.4, 0.5) is 0 Å². The monoisotopic (exact) mass is 892 g/mol. The molecule has 1 aromatic rings. The van der Waals surface area contributed by atoms with E-state index in [-0.39, 0.29) is 35.6 Å². The van der Waals surface area contributed by atoms with Crippen molar-refractivity contribution in [1.82, 2.24) is 9.80 Å². The van der Waals surface area contributed by atoms with Gasteiger partial charge in [0.25, 0.3) is 0 Å². The molecule has 13 unspecified atom stereocenters. The zero-order valence-corrected chi connectivity index (χ0v) is 39.5. The van der Waals surface area contributed by atoms with Gasteiger partial charge in [0.2, 0.25) is 0 Å². The molecule has 350 valence electrons. The second-order valence-corrected chi connectivity index (χ2v) is 24.4. The average Bonchev–Trinajstić information content (AvgIpc) is 3.78. The van der Waals surface area contributed by atoms with Crippen molar-refractivity contribution < 1.29 is 24.2 Å². The van der Waals surface area contributed by atoms with Crippen molar-refractivity contribution in [3.8, 4) is 0 Å². The highest BCUT2D eigenvalue weighted by atomic mass is 16.6. The lowest BCUT2D eigenvalue weighted by Crippen LogP contribution is -2.77. The fourth-order valence-electron chi connectivity index (χ4n) is 19.3. The zero-order valence-electron chi connectivity index (χ0n) is 39.5. The number of benzene rings is 1. The van der Waals surface area contributed by atoms with Crippen LogP contribution in [-0.2, 0) is 26.3 Å². The van der Waals surface area contributed by atoms with Gasteiger partial charge in [0.1, 0.15) is 11.2 Å². The van der Waals surface area contributed by atoms with E-state index >= 15 is 9.59 Å². The number of hydrogen-bond donors (Lipinski definition) is 2. The van der Waals surface area contributed by atoms with Crippen molar-refractivity contribution >= 4 is 11.9 Å². The number of rotatable bonds is 6. The number of ether oxygens (including phenoxy) is 2. The molecule has 4 saturated carbocycles. The Kier molecular flexibility index (Phi) is 9.36. The smallest absolute Gasteiger partial charge is 0.339 e. The van der Waals surface area contributed by atoms with Crippen LogP contribution < -0.4 is 5.73 Å². The molecule has 8 heteroatoms. The summed E-state index contributed by atoms with van der Waals surface area (Å²) in [6.45, 7) is 6.22. The van der Waals surface area contributed by atoms with E-state index in [9.17, 15) is 5.11 Å². The molecule has 9 aliphatic heterocycles. The molecule has 66 heavy (non-hydrogen) atoms. The van der Waals surface area contributed by atoms with E-state index < -0.39 is 16.4 Å². The summed E-state index contributed by atoms with van der Waals surface area (Å²) >= 11 is 0. The highest BCUT2D eigenvalue weighted by Crippen LogP contribution is 2.88. The van der Waals surface area contributed by atoms with Gasteiger partial charge in [-0.05, 0) is 134 Å². The molecule has 9 heterocycles. The standard InChI is InChI=1S/C58H73N3O5/c1-33-24-40-19-20-46-41-25-35-30-60(32-41)42(26-34-10-4-2-5-11-34)29-47(62)53-56-22-21-43-50(52(40)61(46)31-35)44(33)27-39-18-17-38(36-12-6-3-7-13-36)28-48(57(56,51(39)43)55(64)65-53)58(56)45-16-8-14-37(15-9-23-59)49(45)54(63)66-58/h8,14,16,19-20,27,33-36,38,41-42,44,46,48,50,62H,2-7,9-13,15,17-18,21-26,28-32,59H2,1H3. The second-order valence-electron chi connectivity index (χ2n) is 24.4. The first-order valence-corrected chi connectivity index (χ1v) is 27.3. The predicted octanol–water partition coefficient (Wildman–Crippen LogP) is 10.7. The van der Waals surface area contributed by atoms with E-state index in [1.54, 1.807) is 5.70 Å². The molecule has 0 aromatic heterocycles. The molecule has 3 spiro atoms. The minimum atomic E-state index is -1.13. The topological polar surface area (TPSA) is 105 Å². The Morgan fingerprint density at radius 1 is 0.909 bits per heavy atom. The number of aryl methyl sites for hydroxylation is 1. The molecular formula is C58H73N3O5. The first-order valence-electron chi connectivity index (χ1n) is 27.3. The summed E-state index contributed by atoms with van der Waals surface area (Å²) in [6.07, 6.45) is 30.3. The van der Waals surface area contributed by atoms with Crippen LogP contribution in [0.1, 0.15) is 157 Å². The van der Waals surface area contributed by atoms with Gasteiger partial charge in [-0.25, -0.2) is 4.79 Å². The number of nitrogens with zero attached hydrogens (tertiary/aromatic N) is 2. The summed E-state index contributed by atoms with van der Waals surface area (Å²) in [5.74, 6) is 3.77. The van der Waals surface area contributed by atoms with Gasteiger partial charge in [-0.15, -0.1) is 0 Å². The number of allylic oxidation sites excluding steroid dienone is 5. The highest BCUT2D eigenvalue weighted by Gasteiger charge is 2.94. The number of aliphatic hydroxyl groups excluding tert-OH is 1. The molecule has 12 bridgehead atoms. The first kappa shape index (κ1) is 41.4. The van der Waals surface area contributed by atoms with Gasteiger partial charge >= 0.3 is 11.9 Å². The van der Waals surface area contributed by atoms with Crippen LogP contribution in [0.15, 0.2) is 75.9 Å². The van der Waals surface area contributed by atoms with Crippen molar-refractivity contribution in [3.63, 3.8) is 0 Å². The van der Waals surface area contributed by atoms with Gasteiger partial charge in [0.15, 0.2) is 11.4 Å². The number of carbonyl (C=O) groups excluding carboxylic acids is 2. The van der Waals surface area contributed by atoms with Gasteiger partial charge in [-0.1, -0.05) is 113 Å². The number of esters is 2. The van der Waals surface area contributed by atoms with Gasteiger partial charge in [0.05, 0.1) is 17.0 Å². The summed E-state index contributed by atoms with van der Waals surface area (Å²) < 4.78 is 14.5. The third-order valence-electron chi connectivity index (χ3n) is 21.5. The second kappa shape index (κ2) is 14.9. The van der Waals surface area contributed by atoms with Crippen LogP contribution in [0, 0.1) is 64.1 Å². The van der Waals surface area contributed by atoms with Crippen molar-refractivity contribution in [3.05, 3.63) is 92.6 Å². The van der Waals surface area contributed by atoms with Crippen LogP contribution in [-0.4, -0.2) is 65.1 Å². The molecule has 0 radical (unpaired) electrons. The Morgan fingerprint density at radius 3 is 2.58 bits per heavy atom. The van der Waals surface area contributed by atoms with Crippen LogP contribution in [0.3, 0.4) is 0 Å². The Morgan fingerprint density at radius 2 is 1.74 bits per heavy atom. The number of hydrogen-bond acceptors (Lipinski definition) is 8. The number of fused-ring (bicyclic) bond motifs is 3. The molecule has 7 fully saturated rings. The van der Waals surface area contributed by atoms with Crippen LogP contribution in [0.5, 0.6) is 0 Å². The molecule has 16 aliphatic rings. The van der Waals surface area contributed by atoms with Crippen LogP contribution >= 0.6 is 0 Å². The predicted molar refractivity (Wildman–Crippen MR) is 253 cm³/mol. The highest BCUT2D eigenvalue weighted by molar-refractivity contribution is 6.01. The lowest BCUT2D eigenvalue weighted by Gasteiger charge is -2.72. The van der Waals surface area contributed by atoms with Gasteiger partial charge < -0.3 is 25.2 Å². The zero-order chi connectivity index (χ0) is 44.3. The van der Waals surface area contributed by atoms with E-state index in [1.807, 2.05) is 0 Å². The van der Waals surface area contributed by atoms with E-state index in [0.717, 1.165) is 75.7 Å². The third kappa shape index (κ3) is 5.25. The molecule has 0 amide bonds. The summed E-state index contributed by atoms with van der Waals surface area (Å²) in [4.78, 5) is 37.1. The number of aliphatic hydroxyl groups is 1. The van der Waals surface area contributed by atoms with Crippen LogP contribution in [0.25, 0.3) is 0 Å². The summed E-state index contributed by atoms with van der Waals surface area (Å²) in [5.41, 5.74) is 12.7. The summed E-state index contributed by atoms with van der Waals surface area (Å²) in [5, 5.41) is 13.4. The van der Waals surface area contributed by atoms with Crippen molar-refractivity contribution in [2.75, 3.05) is 26.2 Å². The summed E-state index contributed by atoms with van der Waals surface area (Å²) in [6, 6.07) is 6.92. The SMILES string of the molecule is CC1CC2=C3C4C5=C6C(=CC14)CCC(C1CCCCC1)CC1C64C(=O)OC(=C(O)CC(CC6CCCCC6)N6CC7CC(C6)C(C=C2)N3C7)C4(CC5)C12OC(=O)c1c(CCCN)cccc12. The maximum Gasteiger partial charge on any atom is 0.339 e. The third-order valence-corrected chi connectivity index (χ3v) is 21.5. The molecule has 8 nitrogen and oxygen atoms in total. The fraction of sp³-hybridized carbons (Fsp3) is 0.690. The maximum atomic E-state index is 16.3. The van der Waals surface area contributed by atoms with Crippen molar-refractivity contribution in [2.24, 2.45) is 69.8 Å². The average molecular weight is 892 g/mol. The fourth-order valence-corrected chi connectivity index (χ4v) is 19.3. The Labute approximate surface area is 392 Å². The van der Waals surface area contributed by atoms with E-state index in [2.05, 4.69) is 53.2 Å². The minimum Gasteiger partial charge on any atom is -0.509 e. The largest absolute Gasteiger partial charge is 0.509 e. The van der Waals surface area contributed by atoms with Gasteiger partial charge in [-0.3, -0.25) is 9.69 Å². The Bertz CT molecular complexity index is 2430. The molecular weight excluding hydrogens is 819 g/mol. The quantitative estimate of drug-likeness (QED) is 0.272. The van der Waals surface area contributed by atoms with Crippen molar-refractivity contribution in [1.29, 1.82) is 0 Å². The van der Waals surface area contributed by atoms with Crippen LogP contribution in [0.2, 0.25) is 0 Å². The number of nitrogens with two attached hydrogens (primary N) is 1. The number of piperidine rings is 2. The van der Waals surface area contributed by atoms with E-state index in [1.165, 1.54) is 92.9 Å². The Hall–Kier alpha value is -3.62. The molecule has 13 atom stereocenters. The Balaban J connectivity index is 1.04. The van der Waals surface area contributed by atoms with Gasteiger partial charge in [-0.2, -0.15) is 0 Å².